The Hall–Kier alpha value is -1.81. The summed E-state index contributed by atoms with van der Waals surface area (Å²) in [5, 5.41) is 3.41. The van der Waals surface area contributed by atoms with E-state index in [1.165, 1.54) is 28.6 Å². The van der Waals surface area contributed by atoms with E-state index < -0.39 is 0 Å². The van der Waals surface area contributed by atoms with E-state index in [2.05, 4.69) is 67.0 Å². The Morgan fingerprint density at radius 2 is 1.90 bits per heavy atom. The zero-order chi connectivity index (χ0) is 15.0. The van der Waals surface area contributed by atoms with Gasteiger partial charge < -0.3 is 14.8 Å². The van der Waals surface area contributed by atoms with Crippen LogP contribution in [0.3, 0.4) is 0 Å². The number of imidazole rings is 1. The van der Waals surface area contributed by atoms with Crippen molar-refractivity contribution in [3.05, 3.63) is 41.5 Å². The molecular formula is C17H24N4. The van der Waals surface area contributed by atoms with Crippen molar-refractivity contribution in [3.8, 4) is 5.69 Å². The zero-order valence-electron chi connectivity index (χ0n) is 13.3. The summed E-state index contributed by atoms with van der Waals surface area (Å²) >= 11 is 0. The number of rotatable bonds is 3. The van der Waals surface area contributed by atoms with Crippen LogP contribution in [0.4, 0.5) is 5.69 Å². The lowest BCUT2D eigenvalue weighted by Gasteiger charge is -2.18. The third-order valence-corrected chi connectivity index (χ3v) is 4.05. The Morgan fingerprint density at radius 3 is 2.52 bits per heavy atom. The molecule has 0 bridgehead atoms. The predicted octanol–water partition coefficient (Wildman–Crippen LogP) is 2.71. The molecule has 3 rings (SSSR count). The first-order valence-electron chi connectivity index (χ1n) is 7.67. The molecule has 2 aromatic rings. The summed E-state index contributed by atoms with van der Waals surface area (Å²) in [7, 11) is 4.14. The number of hydrogen-bond acceptors (Lipinski definition) is 3. The molecule has 0 amide bonds. The first-order valence-corrected chi connectivity index (χ1v) is 7.67. The molecule has 4 nitrogen and oxygen atoms in total. The second-order valence-corrected chi connectivity index (χ2v) is 6.19. The van der Waals surface area contributed by atoms with Gasteiger partial charge in [-0.15, -0.1) is 0 Å². The average Bonchev–Trinajstić information content (AvgIpc) is 2.87. The molecule has 0 atom stereocenters. The van der Waals surface area contributed by atoms with Gasteiger partial charge in [0.1, 0.15) is 5.82 Å². The SMILES string of the molecule is CC(C)c1nc2c(n1-c1ccc(N(C)C)cc1)CCNC2. The maximum atomic E-state index is 4.87. The van der Waals surface area contributed by atoms with Gasteiger partial charge in [0.25, 0.3) is 0 Å². The smallest absolute Gasteiger partial charge is 0.116 e. The van der Waals surface area contributed by atoms with Crippen molar-refractivity contribution < 1.29 is 0 Å². The Bertz CT molecular complexity index is 623. The summed E-state index contributed by atoms with van der Waals surface area (Å²) in [6.07, 6.45) is 1.05. The van der Waals surface area contributed by atoms with E-state index >= 15 is 0 Å². The van der Waals surface area contributed by atoms with Crippen LogP contribution in [-0.2, 0) is 13.0 Å². The molecule has 1 aromatic carbocycles. The third-order valence-electron chi connectivity index (χ3n) is 4.05. The van der Waals surface area contributed by atoms with Gasteiger partial charge in [0.2, 0.25) is 0 Å². The number of nitrogens with one attached hydrogen (secondary N) is 1. The average molecular weight is 284 g/mol. The molecule has 0 unspecified atom stereocenters. The normalized spacial score (nSPS) is 14.3. The van der Waals surface area contributed by atoms with Crippen molar-refractivity contribution in [2.75, 3.05) is 25.5 Å². The lowest BCUT2D eigenvalue weighted by Crippen LogP contribution is -2.24. The topological polar surface area (TPSA) is 33.1 Å². The van der Waals surface area contributed by atoms with Crippen molar-refractivity contribution in [2.45, 2.75) is 32.7 Å². The number of nitrogens with zero attached hydrogens (tertiary/aromatic N) is 3. The van der Waals surface area contributed by atoms with Gasteiger partial charge >= 0.3 is 0 Å². The molecule has 1 N–H and O–H groups in total. The summed E-state index contributed by atoms with van der Waals surface area (Å²) in [5.41, 5.74) is 5.03. The minimum absolute atomic E-state index is 0.420. The monoisotopic (exact) mass is 284 g/mol. The molecule has 2 heterocycles. The summed E-state index contributed by atoms with van der Waals surface area (Å²) in [4.78, 5) is 7.00. The van der Waals surface area contributed by atoms with Gasteiger partial charge in [-0.1, -0.05) is 13.8 Å². The van der Waals surface area contributed by atoms with Crippen LogP contribution in [0, 0.1) is 0 Å². The van der Waals surface area contributed by atoms with Crippen LogP contribution in [0.2, 0.25) is 0 Å². The highest BCUT2D eigenvalue weighted by Gasteiger charge is 2.22. The Morgan fingerprint density at radius 1 is 1.19 bits per heavy atom. The van der Waals surface area contributed by atoms with Crippen LogP contribution in [0.25, 0.3) is 5.69 Å². The number of fused-ring (bicyclic) bond motifs is 1. The van der Waals surface area contributed by atoms with Crippen molar-refractivity contribution in [3.63, 3.8) is 0 Å². The predicted molar refractivity (Wildman–Crippen MR) is 87.4 cm³/mol. The molecule has 0 radical (unpaired) electrons. The molecule has 21 heavy (non-hydrogen) atoms. The van der Waals surface area contributed by atoms with Gasteiger partial charge in [-0.05, 0) is 24.3 Å². The van der Waals surface area contributed by atoms with E-state index in [1.807, 2.05) is 0 Å². The molecule has 1 aliphatic rings. The van der Waals surface area contributed by atoms with Crippen molar-refractivity contribution in [2.24, 2.45) is 0 Å². The largest absolute Gasteiger partial charge is 0.378 e. The summed E-state index contributed by atoms with van der Waals surface area (Å²) in [6, 6.07) is 8.75. The Labute approximate surface area is 126 Å². The standard InChI is InChI=1S/C17H24N4/c1-12(2)17-19-15-11-18-10-9-16(15)21(17)14-7-5-13(6-8-14)20(3)4/h5-8,12,18H,9-11H2,1-4H3. The van der Waals surface area contributed by atoms with E-state index in [0.717, 1.165) is 19.5 Å². The molecule has 1 aromatic heterocycles. The van der Waals surface area contributed by atoms with E-state index in [1.54, 1.807) is 0 Å². The van der Waals surface area contributed by atoms with Gasteiger partial charge in [-0.2, -0.15) is 0 Å². The molecular weight excluding hydrogens is 260 g/mol. The molecule has 0 saturated heterocycles. The van der Waals surface area contributed by atoms with Crippen LogP contribution >= 0.6 is 0 Å². The van der Waals surface area contributed by atoms with Gasteiger partial charge in [-0.3, -0.25) is 0 Å². The third kappa shape index (κ3) is 2.56. The molecule has 0 fully saturated rings. The zero-order valence-corrected chi connectivity index (χ0v) is 13.3. The lowest BCUT2D eigenvalue weighted by molar-refractivity contribution is 0.619. The highest BCUT2D eigenvalue weighted by Crippen LogP contribution is 2.27. The number of anilines is 1. The second kappa shape index (κ2) is 5.53. The number of benzene rings is 1. The molecule has 0 spiro atoms. The summed E-state index contributed by atoms with van der Waals surface area (Å²) in [5.74, 6) is 1.59. The highest BCUT2D eigenvalue weighted by molar-refractivity contribution is 5.51. The van der Waals surface area contributed by atoms with Crippen molar-refractivity contribution in [1.82, 2.24) is 14.9 Å². The second-order valence-electron chi connectivity index (χ2n) is 6.19. The fourth-order valence-electron chi connectivity index (χ4n) is 2.91. The first kappa shape index (κ1) is 14.1. The van der Waals surface area contributed by atoms with Crippen LogP contribution in [0.15, 0.2) is 24.3 Å². The van der Waals surface area contributed by atoms with Crippen molar-refractivity contribution >= 4 is 5.69 Å². The maximum absolute atomic E-state index is 4.87. The van der Waals surface area contributed by atoms with Gasteiger partial charge in [-0.25, -0.2) is 4.98 Å². The van der Waals surface area contributed by atoms with Crippen molar-refractivity contribution in [1.29, 1.82) is 0 Å². The van der Waals surface area contributed by atoms with Gasteiger partial charge in [0.15, 0.2) is 0 Å². The summed E-state index contributed by atoms with van der Waals surface area (Å²) < 4.78 is 2.36. The van der Waals surface area contributed by atoms with Crippen LogP contribution in [0.5, 0.6) is 0 Å². The van der Waals surface area contributed by atoms with E-state index in [0.29, 0.717) is 5.92 Å². The van der Waals surface area contributed by atoms with Gasteiger partial charge in [0, 0.05) is 56.6 Å². The highest BCUT2D eigenvalue weighted by atomic mass is 15.1. The van der Waals surface area contributed by atoms with E-state index in [9.17, 15) is 0 Å². The molecule has 4 heteroatoms. The fraction of sp³-hybridized carbons (Fsp3) is 0.471. The van der Waals surface area contributed by atoms with E-state index in [-0.39, 0.29) is 0 Å². The molecule has 112 valence electrons. The minimum atomic E-state index is 0.420. The van der Waals surface area contributed by atoms with Crippen LogP contribution in [-0.4, -0.2) is 30.2 Å². The molecule has 0 saturated carbocycles. The van der Waals surface area contributed by atoms with E-state index in [4.69, 9.17) is 4.98 Å². The quantitative estimate of drug-likeness (QED) is 0.941. The summed E-state index contributed by atoms with van der Waals surface area (Å²) in [6.45, 7) is 6.35. The Kier molecular flexibility index (Phi) is 3.72. The minimum Gasteiger partial charge on any atom is -0.378 e. The lowest BCUT2D eigenvalue weighted by atomic mass is 10.1. The number of hydrogen-bond donors (Lipinski definition) is 1. The first-order chi connectivity index (χ1) is 10.1. The van der Waals surface area contributed by atoms with Crippen LogP contribution < -0.4 is 10.2 Å². The van der Waals surface area contributed by atoms with Crippen LogP contribution in [0.1, 0.15) is 37.0 Å². The fourth-order valence-corrected chi connectivity index (χ4v) is 2.91. The number of aromatic nitrogens is 2. The molecule has 1 aliphatic heterocycles. The van der Waals surface area contributed by atoms with Gasteiger partial charge in [0.05, 0.1) is 5.69 Å². The molecule has 0 aliphatic carbocycles. The maximum Gasteiger partial charge on any atom is 0.116 e. The Balaban J connectivity index is 2.09.